The highest BCUT2D eigenvalue weighted by Gasteiger charge is 2.41. The van der Waals surface area contributed by atoms with Gasteiger partial charge in [0.25, 0.3) is 10.2 Å². The summed E-state index contributed by atoms with van der Waals surface area (Å²) in [6.07, 6.45) is 2.45. The minimum Gasteiger partial charge on any atom is -0.480 e. The van der Waals surface area contributed by atoms with Crippen LogP contribution in [0.1, 0.15) is 30.5 Å². The number of para-hydroxylation sites is 1. The quantitative estimate of drug-likeness (QED) is 0.868. The Balaban J connectivity index is 1.64. The van der Waals surface area contributed by atoms with Gasteiger partial charge in [0.15, 0.2) is 0 Å². The van der Waals surface area contributed by atoms with E-state index >= 15 is 0 Å². The summed E-state index contributed by atoms with van der Waals surface area (Å²) >= 11 is 0. The fourth-order valence-corrected chi connectivity index (χ4v) is 5.73. The van der Waals surface area contributed by atoms with Crippen LogP contribution in [-0.4, -0.2) is 52.2 Å². The van der Waals surface area contributed by atoms with Crippen LogP contribution in [-0.2, 0) is 28.0 Å². The number of nitrogens with one attached hydrogen (secondary N) is 1. The van der Waals surface area contributed by atoms with Crippen molar-refractivity contribution in [3.8, 4) is 0 Å². The van der Waals surface area contributed by atoms with Crippen LogP contribution in [0.25, 0.3) is 10.9 Å². The van der Waals surface area contributed by atoms with Crippen LogP contribution < -0.4 is 0 Å². The van der Waals surface area contributed by atoms with Gasteiger partial charge in [-0.25, -0.2) is 0 Å². The third-order valence-corrected chi connectivity index (χ3v) is 7.20. The normalized spacial score (nSPS) is 22.8. The zero-order valence-electron chi connectivity index (χ0n) is 13.8. The van der Waals surface area contributed by atoms with Gasteiger partial charge in [-0.15, -0.1) is 0 Å². The van der Waals surface area contributed by atoms with Gasteiger partial charge in [-0.3, -0.25) is 4.79 Å². The molecule has 7 nitrogen and oxygen atoms in total. The number of piperidine rings is 1. The van der Waals surface area contributed by atoms with Crippen LogP contribution in [0, 0.1) is 0 Å². The van der Waals surface area contributed by atoms with E-state index < -0.39 is 22.2 Å². The van der Waals surface area contributed by atoms with Gasteiger partial charge in [-0.1, -0.05) is 18.2 Å². The highest BCUT2D eigenvalue weighted by molar-refractivity contribution is 7.86. The Kier molecular flexibility index (Phi) is 4.05. The first-order valence-corrected chi connectivity index (χ1v) is 9.96. The summed E-state index contributed by atoms with van der Waals surface area (Å²) in [5.74, 6) is -1.06. The summed E-state index contributed by atoms with van der Waals surface area (Å²) in [6, 6.07) is 6.99. The molecule has 2 aromatic rings. The number of fused-ring (bicyclic) bond motifs is 3. The number of H-pyrrole nitrogens is 1. The molecule has 25 heavy (non-hydrogen) atoms. The van der Waals surface area contributed by atoms with Crippen molar-refractivity contribution in [2.24, 2.45) is 0 Å². The van der Waals surface area contributed by atoms with Crippen molar-refractivity contribution in [3.05, 3.63) is 35.5 Å². The Bertz CT molecular complexity index is 921. The second-order valence-corrected chi connectivity index (χ2v) is 8.56. The fourth-order valence-electron chi connectivity index (χ4n) is 3.94. The topological polar surface area (TPSA) is 93.7 Å². The number of rotatable bonds is 3. The van der Waals surface area contributed by atoms with Crippen LogP contribution >= 0.6 is 0 Å². The molecule has 134 valence electrons. The predicted molar refractivity (Wildman–Crippen MR) is 93.3 cm³/mol. The molecule has 1 atom stereocenters. The molecule has 3 heterocycles. The molecule has 1 saturated heterocycles. The van der Waals surface area contributed by atoms with Gasteiger partial charge in [0, 0.05) is 29.7 Å². The molecule has 2 aliphatic heterocycles. The molecule has 1 aromatic heterocycles. The molecule has 2 N–H and O–H groups in total. The minimum absolute atomic E-state index is 0.259. The van der Waals surface area contributed by atoms with E-state index in [2.05, 4.69) is 4.98 Å². The lowest BCUT2D eigenvalue weighted by atomic mass is 10.1. The van der Waals surface area contributed by atoms with Crippen LogP contribution in [0.3, 0.4) is 0 Å². The lowest BCUT2D eigenvalue weighted by Crippen LogP contribution is -2.54. The molecule has 0 bridgehead atoms. The molecule has 1 fully saturated rings. The molecule has 0 amide bonds. The third kappa shape index (κ3) is 2.74. The van der Waals surface area contributed by atoms with E-state index in [9.17, 15) is 18.3 Å². The van der Waals surface area contributed by atoms with Gasteiger partial charge in [0.2, 0.25) is 0 Å². The molecule has 8 heteroatoms. The summed E-state index contributed by atoms with van der Waals surface area (Å²) < 4.78 is 28.7. The first kappa shape index (κ1) is 16.6. The maximum atomic E-state index is 13.1. The Hall–Kier alpha value is -1.90. The van der Waals surface area contributed by atoms with Crippen molar-refractivity contribution in [1.29, 1.82) is 0 Å². The zero-order chi connectivity index (χ0) is 17.6. The second-order valence-electron chi connectivity index (χ2n) is 6.68. The van der Waals surface area contributed by atoms with Gasteiger partial charge in [-0.2, -0.15) is 17.0 Å². The molecule has 0 radical (unpaired) electrons. The zero-order valence-corrected chi connectivity index (χ0v) is 14.6. The highest BCUT2D eigenvalue weighted by atomic mass is 32.2. The molecular weight excluding hydrogens is 342 g/mol. The number of benzene rings is 1. The number of carboxylic acids is 1. The van der Waals surface area contributed by atoms with Crippen LogP contribution in [0.2, 0.25) is 0 Å². The minimum atomic E-state index is -3.79. The summed E-state index contributed by atoms with van der Waals surface area (Å²) in [4.78, 5) is 14.8. The molecule has 4 rings (SSSR count). The summed E-state index contributed by atoms with van der Waals surface area (Å²) in [5, 5.41) is 10.5. The van der Waals surface area contributed by atoms with Gasteiger partial charge in [0.1, 0.15) is 6.04 Å². The number of carboxylic acid groups (broad SMARTS) is 1. The predicted octanol–water partition coefficient (Wildman–Crippen LogP) is 1.71. The molecule has 0 spiro atoms. The van der Waals surface area contributed by atoms with Gasteiger partial charge in [-0.05, 0) is 37.3 Å². The van der Waals surface area contributed by atoms with E-state index in [0.717, 1.165) is 28.6 Å². The highest BCUT2D eigenvalue weighted by Crippen LogP contribution is 2.31. The van der Waals surface area contributed by atoms with Crippen LogP contribution in [0.15, 0.2) is 24.3 Å². The van der Waals surface area contributed by atoms with E-state index in [1.54, 1.807) is 0 Å². The lowest BCUT2D eigenvalue weighted by molar-refractivity contribution is -0.142. The van der Waals surface area contributed by atoms with Gasteiger partial charge >= 0.3 is 5.97 Å². The van der Waals surface area contributed by atoms with Crippen molar-refractivity contribution in [2.45, 2.75) is 38.3 Å². The van der Waals surface area contributed by atoms with E-state index in [-0.39, 0.29) is 13.1 Å². The third-order valence-electron chi connectivity index (χ3n) is 5.21. The smallest absolute Gasteiger partial charge is 0.322 e. The number of aliphatic carboxylic acids is 1. The second kappa shape index (κ2) is 6.12. The number of hydrogen-bond donors (Lipinski definition) is 2. The first-order valence-electron chi connectivity index (χ1n) is 8.56. The lowest BCUT2D eigenvalue weighted by Gasteiger charge is -2.37. The Morgan fingerprint density at radius 3 is 2.80 bits per heavy atom. The van der Waals surface area contributed by atoms with E-state index in [1.165, 1.54) is 8.61 Å². The molecular formula is C17H21N3O4S. The molecule has 2 aliphatic rings. The van der Waals surface area contributed by atoms with Crippen LogP contribution in [0.5, 0.6) is 0 Å². The number of aromatic amines is 1. The number of hydrogen-bond acceptors (Lipinski definition) is 3. The molecule has 0 saturated carbocycles. The maximum Gasteiger partial charge on any atom is 0.322 e. The van der Waals surface area contributed by atoms with E-state index in [1.807, 2.05) is 24.3 Å². The SMILES string of the molecule is O=C(O)[C@H]1CCCCN1S(=O)(=O)N1CCc2c([nH]c3ccccc23)C1. The van der Waals surface area contributed by atoms with Crippen molar-refractivity contribution in [3.63, 3.8) is 0 Å². The average Bonchev–Trinajstić information content (AvgIpc) is 2.99. The standard InChI is InChI=1S/C17H21N3O4S/c21-17(22)16-7-3-4-9-20(16)25(23,24)19-10-8-13-12-5-1-2-6-14(12)18-15(13)11-19/h1-2,5-6,16,18H,3-4,7-11H2,(H,21,22)/t16-/m1/s1. The van der Waals surface area contributed by atoms with Crippen molar-refractivity contribution in [2.75, 3.05) is 13.1 Å². The van der Waals surface area contributed by atoms with Crippen molar-refractivity contribution < 1.29 is 18.3 Å². The Morgan fingerprint density at radius 1 is 1.20 bits per heavy atom. The monoisotopic (exact) mass is 363 g/mol. The summed E-state index contributed by atoms with van der Waals surface area (Å²) in [5.41, 5.74) is 3.07. The first-order chi connectivity index (χ1) is 12.0. The molecule has 0 aliphatic carbocycles. The van der Waals surface area contributed by atoms with Crippen molar-refractivity contribution >= 4 is 27.1 Å². The van der Waals surface area contributed by atoms with Crippen molar-refractivity contribution in [1.82, 2.24) is 13.6 Å². The summed E-state index contributed by atoms with van der Waals surface area (Å²) in [6.45, 7) is 0.907. The number of aromatic nitrogens is 1. The fraction of sp³-hybridized carbons (Fsp3) is 0.471. The molecule has 0 unspecified atom stereocenters. The van der Waals surface area contributed by atoms with E-state index in [0.29, 0.717) is 25.8 Å². The summed E-state index contributed by atoms with van der Waals surface area (Å²) in [7, 11) is -3.79. The molecule has 1 aromatic carbocycles. The maximum absolute atomic E-state index is 13.1. The van der Waals surface area contributed by atoms with E-state index in [4.69, 9.17) is 0 Å². The van der Waals surface area contributed by atoms with Crippen LogP contribution in [0.4, 0.5) is 0 Å². The average molecular weight is 363 g/mol. The van der Waals surface area contributed by atoms with Gasteiger partial charge in [0.05, 0.1) is 6.54 Å². The van der Waals surface area contributed by atoms with Gasteiger partial charge < -0.3 is 10.1 Å². The largest absolute Gasteiger partial charge is 0.480 e. The number of carbonyl (C=O) groups is 1. The number of nitrogens with zero attached hydrogens (tertiary/aromatic N) is 2. The Labute approximate surface area is 146 Å². The Morgan fingerprint density at radius 2 is 2.00 bits per heavy atom.